The second-order valence-corrected chi connectivity index (χ2v) is 8.60. The van der Waals surface area contributed by atoms with Gasteiger partial charge in [-0.25, -0.2) is 0 Å². The third kappa shape index (κ3) is 2.03. The lowest BCUT2D eigenvalue weighted by molar-refractivity contribution is -0.0592. The van der Waals surface area contributed by atoms with E-state index in [1.54, 1.807) is 0 Å². The first-order chi connectivity index (χ1) is 10.2. The number of phenols is 1. The third-order valence-electron chi connectivity index (χ3n) is 6.60. The van der Waals surface area contributed by atoms with E-state index in [1.165, 1.54) is 11.1 Å². The fraction of sp³-hybridized carbons (Fsp3) is 0.700. The molecule has 122 valence electrons. The molecule has 2 aliphatic rings. The number of aliphatic hydroxyl groups excluding tert-OH is 1. The maximum Gasteiger partial charge on any atom is 0.119 e. The van der Waals surface area contributed by atoms with E-state index in [2.05, 4.69) is 40.7 Å². The number of aromatic hydroxyl groups is 1. The van der Waals surface area contributed by atoms with Gasteiger partial charge in [-0.3, -0.25) is 0 Å². The topological polar surface area (TPSA) is 40.5 Å². The van der Waals surface area contributed by atoms with Crippen molar-refractivity contribution >= 4 is 0 Å². The predicted octanol–water partition coefficient (Wildman–Crippen LogP) is 4.52. The zero-order valence-corrected chi connectivity index (χ0v) is 14.6. The SMILES string of the molecule is CC(C)c1c(O)ccc2c1CC[C@H]1C(C)(C)CC[C@@H](O)[C@]21C. The molecule has 1 saturated carbocycles. The summed E-state index contributed by atoms with van der Waals surface area (Å²) in [6, 6.07) is 3.92. The van der Waals surface area contributed by atoms with E-state index in [1.807, 2.05) is 6.07 Å². The first-order valence-electron chi connectivity index (χ1n) is 8.73. The second-order valence-electron chi connectivity index (χ2n) is 8.60. The summed E-state index contributed by atoms with van der Waals surface area (Å²) in [4.78, 5) is 0. The van der Waals surface area contributed by atoms with Crippen molar-refractivity contribution in [2.24, 2.45) is 11.3 Å². The Kier molecular flexibility index (Phi) is 3.60. The van der Waals surface area contributed by atoms with Gasteiger partial charge in [-0.05, 0) is 65.7 Å². The number of hydrogen-bond acceptors (Lipinski definition) is 2. The minimum Gasteiger partial charge on any atom is -0.508 e. The van der Waals surface area contributed by atoms with E-state index in [0.717, 1.165) is 31.2 Å². The lowest BCUT2D eigenvalue weighted by atomic mass is 9.49. The lowest BCUT2D eigenvalue weighted by Crippen LogP contribution is -2.55. The van der Waals surface area contributed by atoms with Gasteiger partial charge in [0.25, 0.3) is 0 Å². The van der Waals surface area contributed by atoms with Crippen molar-refractivity contribution < 1.29 is 10.2 Å². The van der Waals surface area contributed by atoms with Gasteiger partial charge >= 0.3 is 0 Å². The average molecular weight is 302 g/mol. The predicted molar refractivity (Wildman–Crippen MR) is 90.4 cm³/mol. The van der Waals surface area contributed by atoms with Gasteiger partial charge in [-0.2, -0.15) is 0 Å². The van der Waals surface area contributed by atoms with E-state index in [-0.39, 0.29) is 16.9 Å². The first-order valence-corrected chi connectivity index (χ1v) is 8.73. The van der Waals surface area contributed by atoms with Crippen LogP contribution in [-0.2, 0) is 11.8 Å². The van der Waals surface area contributed by atoms with Gasteiger partial charge in [0.2, 0.25) is 0 Å². The van der Waals surface area contributed by atoms with Crippen LogP contribution in [0.1, 0.15) is 76.5 Å². The van der Waals surface area contributed by atoms with Crippen molar-refractivity contribution in [1.29, 1.82) is 0 Å². The molecule has 0 spiro atoms. The lowest BCUT2D eigenvalue weighted by Gasteiger charge is -2.56. The van der Waals surface area contributed by atoms with Crippen LogP contribution in [0.4, 0.5) is 0 Å². The summed E-state index contributed by atoms with van der Waals surface area (Å²) in [5.74, 6) is 1.23. The molecule has 1 aromatic carbocycles. The molecule has 0 aliphatic heterocycles. The van der Waals surface area contributed by atoms with Crippen LogP contribution in [0.2, 0.25) is 0 Å². The molecule has 2 heteroatoms. The number of benzene rings is 1. The number of aliphatic hydroxyl groups is 1. The molecule has 22 heavy (non-hydrogen) atoms. The summed E-state index contributed by atoms with van der Waals surface area (Å²) in [5.41, 5.74) is 3.75. The van der Waals surface area contributed by atoms with Gasteiger partial charge < -0.3 is 10.2 Å². The monoisotopic (exact) mass is 302 g/mol. The highest BCUT2D eigenvalue weighted by molar-refractivity contribution is 5.51. The summed E-state index contributed by atoms with van der Waals surface area (Å²) in [6.07, 6.45) is 3.81. The summed E-state index contributed by atoms with van der Waals surface area (Å²) >= 11 is 0. The highest BCUT2D eigenvalue weighted by atomic mass is 16.3. The average Bonchev–Trinajstić information content (AvgIpc) is 2.42. The highest BCUT2D eigenvalue weighted by Gasteiger charge is 2.54. The molecule has 3 atom stereocenters. The third-order valence-corrected chi connectivity index (χ3v) is 6.60. The van der Waals surface area contributed by atoms with Crippen LogP contribution in [0.5, 0.6) is 5.75 Å². The van der Waals surface area contributed by atoms with Gasteiger partial charge in [0.05, 0.1) is 6.10 Å². The Morgan fingerprint density at radius 1 is 1.14 bits per heavy atom. The molecule has 1 fully saturated rings. The number of hydrogen-bond donors (Lipinski definition) is 2. The van der Waals surface area contributed by atoms with Crippen molar-refractivity contribution in [2.45, 2.75) is 77.7 Å². The molecular weight excluding hydrogens is 272 g/mol. The zero-order valence-electron chi connectivity index (χ0n) is 14.6. The Morgan fingerprint density at radius 3 is 2.45 bits per heavy atom. The van der Waals surface area contributed by atoms with E-state index in [4.69, 9.17) is 0 Å². The quantitative estimate of drug-likeness (QED) is 0.801. The minimum absolute atomic E-state index is 0.188. The fourth-order valence-corrected chi connectivity index (χ4v) is 5.44. The molecule has 0 radical (unpaired) electrons. The fourth-order valence-electron chi connectivity index (χ4n) is 5.44. The molecule has 2 nitrogen and oxygen atoms in total. The van der Waals surface area contributed by atoms with E-state index in [0.29, 0.717) is 17.6 Å². The van der Waals surface area contributed by atoms with Crippen molar-refractivity contribution in [2.75, 3.05) is 0 Å². The summed E-state index contributed by atoms with van der Waals surface area (Å²) in [5, 5.41) is 21.2. The Morgan fingerprint density at radius 2 is 1.82 bits per heavy atom. The van der Waals surface area contributed by atoms with Crippen molar-refractivity contribution in [3.8, 4) is 5.75 Å². The maximum atomic E-state index is 10.9. The smallest absolute Gasteiger partial charge is 0.119 e. The standard InChI is InChI=1S/C20H30O2/c1-12(2)18-13-6-9-16-19(3,4)11-10-17(22)20(16,5)14(13)7-8-15(18)21/h7-8,12,16-17,21-22H,6,9-11H2,1-5H3/t16-,17+,20+/m0/s1. The van der Waals surface area contributed by atoms with Crippen LogP contribution in [-0.4, -0.2) is 16.3 Å². The van der Waals surface area contributed by atoms with E-state index >= 15 is 0 Å². The number of rotatable bonds is 1. The largest absolute Gasteiger partial charge is 0.508 e. The summed E-state index contributed by atoms with van der Waals surface area (Å²) in [6.45, 7) is 11.3. The van der Waals surface area contributed by atoms with Crippen molar-refractivity contribution in [3.63, 3.8) is 0 Å². The molecule has 0 heterocycles. The van der Waals surface area contributed by atoms with E-state index < -0.39 is 0 Å². The van der Waals surface area contributed by atoms with Gasteiger partial charge in [-0.15, -0.1) is 0 Å². The molecule has 0 saturated heterocycles. The van der Waals surface area contributed by atoms with Crippen molar-refractivity contribution in [3.05, 3.63) is 28.8 Å². The Labute approximate surface area is 134 Å². The van der Waals surface area contributed by atoms with Gasteiger partial charge in [0, 0.05) is 5.41 Å². The van der Waals surface area contributed by atoms with Crippen molar-refractivity contribution in [1.82, 2.24) is 0 Å². The number of phenolic OH excluding ortho intramolecular Hbond substituents is 1. The highest BCUT2D eigenvalue weighted by Crippen LogP contribution is 2.58. The zero-order chi connectivity index (χ0) is 16.3. The summed E-state index contributed by atoms with van der Waals surface area (Å²) < 4.78 is 0. The molecule has 0 aromatic heterocycles. The van der Waals surface area contributed by atoms with Gasteiger partial charge in [0.1, 0.15) is 5.75 Å². The van der Waals surface area contributed by atoms with Gasteiger partial charge in [-0.1, -0.05) is 40.7 Å². The van der Waals surface area contributed by atoms with Crippen LogP contribution in [0.25, 0.3) is 0 Å². The molecule has 3 rings (SSSR count). The first kappa shape index (κ1) is 15.9. The van der Waals surface area contributed by atoms with Crippen LogP contribution >= 0.6 is 0 Å². The normalized spacial score (nSPS) is 33.4. The van der Waals surface area contributed by atoms with Crippen LogP contribution in [0.15, 0.2) is 12.1 Å². The molecule has 0 amide bonds. The molecular formula is C20H30O2. The second kappa shape index (κ2) is 4.99. The minimum atomic E-state index is -0.283. The van der Waals surface area contributed by atoms with Crippen LogP contribution in [0, 0.1) is 11.3 Å². The Balaban J connectivity index is 2.22. The molecule has 2 aliphatic carbocycles. The molecule has 1 aromatic rings. The molecule has 2 N–H and O–H groups in total. The molecule has 0 bridgehead atoms. The molecule has 0 unspecified atom stereocenters. The van der Waals surface area contributed by atoms with E-state index in [9.17, 15) is 10.2 Å². The Bertz CT molecular complexity index is 588. The van der Waals surface area contributed by atoms with Crippen LogP contribution < -0.4 is 0 Å². The van der Waals surface area contributed by atoms with Gasteiger partial charge in [0.15, 0.2) is 0 Å². The number of fused-ring (bicyclic) bond motifs is 3. The maximum absolute atomic E-state index is 10.9. The van der Waals surface area contributed by atoms with Crippen LogP contribution in [0.3, 0.4) is 0 Å². The Hall–Kier alpha value is -1.02. The summed E-state index contributed by atoms with van der Waals surface area (Å²) in [7, 11) is 0.